The Bertz CT molecular complexity index is 860. The summed E-state index contributed by atoms with van der Waals surface area (Å²) in [5.41, 5.74) is -1.07. The van der Waals surface area contributed by atoms with Crippen molar-refractivity contribution in [3.63, 3.8) is 0 Å². The number of rotatable bonds is 8. The van der Waals surface area contributed by atoms with Crippen molar-refractivity contribution in [1.29, 1.82) is 0 Å². The molecule has 0 aliphatic heterocycles. The molecule has 166 valence electrons. The van der Waals surface area contributed by atoms with Crippen LogP contribution < -0.4 is 15.4 Å². The summed E-state index contributed by atoms with van der Waals surface area (Å²) in [6, 6.07) is 3.85. The van der Waals surface area contributed by atoms with Crippen molar-refractivity contribution in [2.24, 2.45) is 0 Å². The van der Waals surface area contributed by atoms with Crippen LogP contribution in [0.3, 0.4) is 0 Å². The minimum Gasteiger partial charge on any atom is -0.404 e. The molecule has 0 fully saturated rings. The first-order chi connectivity index (χ1) is 13.8. The number of nitrogens with one attached hydrogen (secondary N) is 2. The van der Waals surface area contributed by atoms with Crippen molar-refractivity contribution in [2.75, 3.05) is 37.8 Å². The number of hydrogen-bond donors (Lipinski definition) is 2. The van der Waals surface area contributed by atoms with Crippen molar-refractivity contribution in [3.05, 3.63) is 35.0 Å². The topological polar surface area (TPSA) is 62.3 Å². The molecule has 0 amide bonds. The van der Waals surface area contributed by atoms with Crippen LogP contribution in [0.1, 0.15) is 12.1 Å². The average molecular weight is 458 g/mol. The highest BCUT2D eigenvalue weighted by Gasteiger charge is 2.34. The maximum atomic E-state index is 13.2. The van der Waals surface area contributed by atoms with Crippen LogP contribution in [-0.2, 0) is 6.18 Å². The molecule has 6 nitrogen and oxygen atoms in total. The van der Waals surface area contributed by atoms with Gasteiger partial charge in [0.15, 0.2) is 5.69 Å². The molecule has 2 rings (SSSR count). The Morgan fingerprint density at radius 2 is 1.77 bits per heavy atom. The predicted molar refractivity (Wildman–Crippen MR) is 100 cm³/mol. The largest absolute Gasteiger partial charge is 0.573 e. The fourth-order valence-corrected chi connectivity index (χ4v) is 2.48. The zero-order valence-electron chi connectivity index (χ0n) is 15.8. The molecule has 2 N–H and O–H groups in total. The predicted octanol–water partition coefficient (Wildman–Crippen LogP) is 5.15. The highest BCUT2D eigenvalue weighted by Crippen LogP contribution is 2.34. The second kappa shape index (κ2) is 9.56. The molecule has 0 saturated heterocycles. The van der Waals surface area contributed by atoms with Crippen molar-refractivity contribution in [3.8, 4) is 5.75 Å². The molecule has 0 aliphatic carbocycles. The minimum atomic E-state index is -4.93. The van der Waals surface area contributed by atoms with Gasteiger partial charge >= 0.3 is 12.5 Å². The van der Waals surface area contributed by atoms with Crippen LogP contribution in [0, 0.1) is 0 Å². The summed E-state index contributed by atoms with van der Waals surface area (Å²) < 4.78 is 80.2. The van der Waals surface area contributed by atoms with E-state index < -0.39 is 24.0 Å². The summed E-state index contributed by atoms with van der Waals surface area (Å²) in [4.78, 5) is 9.35. The number of alkyl halides is 6. The highest BCUT2D eigenvalue weighted by atomic mass is 35.5. The van der Waals surface area contributed by atoms with E-state index in [9.17, 15) is 26.3 Å². The van der Waals surface area contributed by atoms with Gasteiger partial charge in [-0.2, -0.15) is 18.2 Å². The van der Waals surface area contributed by atoms with Crippen LogP contribution in [0.4, 0.5) is 43.8 Å². The molecule has 0 saturated carbocycles. The van der Waals surface area contributed by atoms with Gasteiger partial charge in [0.05, 0.1) is 5.02 Å². The summed E-state index contributed by atoms with van der Waals surface area (Å²) in [5.74, 6) is -1.10. The lowest BCUT2D eigenvalue weighted by Gasteiger charge is -2.15. The Morgan fingerprint density at radius 1 is 1.07 bits per heavy atom. The van der Waals surface area contributed by atoms with Gasteiger partial charge in [0.1, 0.15) is 11.6 Å². The van der Waals surface area contributed by atoms with Gasteiger partial charge in [-0.05, 0) is 45.3 Å². The standard InChI is InChI=1S/C17H18ClF6N5O/c1-29(2)7-3-6-25-15-27-13(16(19,20)21)9-14(28-15)26-10-4-5-12(11(18)8-10)30-17(22,23)24/h4-5,8-9H,3,6-7H2,1-2H3,(H2,25,26,27,28). The molecule has 0 unspecified atom stereocenters. The molecule has 0 aliphatic rings. The van der Waals surface area contributed by atoms with Gasteiger partial charge in [0, 0.05) is 18.3 Å². The molecule has 13 heteroatoms. The first-order valence-corrected chi connectivity index (χ1v) is 8.88. The molecule has 0 spiro atoms. The van der Waals surface area contributed by atoms with Crippen molar-refractivity contribution >= 4 is 29.1 Å². The number of nitrogens with zero attached hydrogens (tertiary/aromatic N) is 3. The van der Waals surface area contributed by atoms with Gasteiger partial charge in [-0.3, -0.25) is 0 Å². The lowest BCUT2D eigenvalue weighted by Crippen LogP contribution is -2.18. The molecule has 1 aromatic carbocycles. The zero-order valence-corrected chi connectivity index (χ0v) is 16.6. The monoisotopic (exact) mass is 457 g/mol. The summed E-state index contributed by atoms with van der Waals surface area (Å²) in [6.07, 6.45) is -9.01. The molecule has 0 bridgehead atoms. The Balaban J connectivity index is 2.21. The van der Waals surface area contributed by atoms with E-state index in [1.165, 1.54) is 0 Å². The van der Waals surface area contributed by atoms with Crippen LogP contribution >= 0.6 is 11.6 Å². The van der Waals surface area contributed by atoms with Crippen LogP contribution in [-0.4, -0.2) is 48.4 Å². The fraction of sp³-hybridized carbons (Fsp3) is 0.412. The van der Waals surface area contributed by atoms with Crippen molar-refractivity contribution < 1.29 is 31.1 Å². The highest BCUT2D eigenvalue weighted by molar-refractivity contribution is 6.32. The first kappa shape index (κ1) is 23.8. The maximum absolute atomic E-state index is 13.2. The van der Waals surface area contributed by atoms with Gasteiger partial charge < -0.3 is 20.3 Å². The molecule has 1 aromatic heterocycles. The second-order valence-electron chi connectivity index (χ2n) is 6.36. The SMILES string of the molecule is CN(C)CCCNc1nc(Nc2ccc(OC(F)(F)F)c(Cl)c2)cc(C(F)(F)F)n1. The lowest BCUT2D eigenvalue weighted by molar-refractivity contribution is -0.274. The van der Waals surface area contributed by atoms with Crippen LogP contribution in [0.25, 0.3) is 0 Å². The number of hydrogen-bond acceptors (Lipinski definition) is 6. The molecule has 0 radical (unpaired) electrons. The fourth-order valence-electron chi connectivity index (χ4n) is 2.26. The maximum Gasteiger partial charge on any atom is 0.573 e. The third-order valence-corrected chi connectivity index (χ3v) is 3.81. The van der Waals surface area contributed by atoms with E-state index in [0.29, 0.717) is 25.6 Å². The molecular formula is C17H18ClF6N5O. The number of benzene rings is 1. The Morgan fingerprint density at radius 3 is 2.33 bits per heavy atom. The van der Waals surface area contributed by atoms with Gasteiger partial charge in [-0.15, -0.1) is 13.2 Å². The Hall–Kier alpha value is -2.47. The quantitative estimate of drug-likeness (QED) is 0.422. The van der Waals surface area contributed by atoms with E-state index >= 15 is 0 Å². The van der Waals surface area contributed by atoms with E-state index in [-0.39, 0.29) is 22.5 Å². The third kappa shape index (κ3) is 7.75. The summed E-state index contributed by atoms with van der Waals surface area (Å²) in [7, 11) is 3.72. The molecular weight excluding hydrogens is 440 g/mol. The summed E-state index contributed by atoms with van der Waals surface area (Å²) >= 11 is 5.75. The van der Waals surface area contributed by atoms with Crippen LogP contribution in [0.15, 0.2) is 24.3 Å². The third-order valence-electron chi connectivity index (χ3n) is 3.51. The summed E-state index contributed by atoms with van der Waals surface area (Å²) in [5, 5.41) is 4.92. The Kier molecular flexibility index (Phi) is 7.59. The molecule has 2 aromatic rings. The van der Waals surface area contributed by atoms with Gasteiger partial charge in [0.25, 0.3) is 0 Å². The average Bonchev–Trinajstić information content (AvgIpc) is 2.59. The number of halogens is 7. The van der Waals surface area contributed by atoms with Crippen LogP contribution in [0.5, 0.6) is 5.75 Å². The zero-order chi connectivity index (χ0) is 22.5. The second-order valence-corrected chi connectivity index (χ2v) is 6.77. The van der Waals surface area contributed by atoms with E-state index in [0.717, 1.165) is 18.2 Å². The van der Waals surface area contributed by atoms with E-state index in [4.69, 9.17) is 11.6 Å². The number of ether oxygens (including phenoxy) is 1. The summed E-state index contributed by atoms with van der Waals surface area (Å²) in [6.45, 7) is 1.05. The molecule has 0 atom stereocenters. The van der Waals surface area contributed by atoms with Crippen LogP contribution in [0.2, 0.25) is 5.02 Å². The first-order valence-electron chi connectivity index (χ1n) is 8.51. The van der Waals surface area contributed by atoms with E-state index in [2.05, 4.69) is 25.3 Å². The van der Waals surface area contributed by atoms with Gasteiger partial charge in [-0.25, -0.2) is 4.98 Å². The van der Waals surface area contributed by atoms with E-state index in [1.807, 2.05) is 19.0 Å². The lowest BCUT2D eigenvalue weighted by atomic mass is 10.3. The van der Waals surface area contributed by atoms with E-state index in [1.54, 1.807) is 0 Å². The smallest absolute Gasteiger partial charge is 0.404 e. The minimum absolute atomic E-state index is 0.111. The van der Waals surface area contributed by atoms with Crippen molar-refractivity contribution in [1.82, 2.24) is 14.9 Å². The number of aromatic nitrogens is 2. The normalized spacial score (nSPS) is 12.2. The Labute approximate surface area is 173 Å². The molecule has 30 heavy (non-hydrogen) atoms. The molecule has 1 heterocycles. The van der Waals surface area contributed by atoms with Gasteiger partial charge in [0.2, 0.25) is 5.95 Å². The van der Waals surface area contributed by atoms with Crippen molar-refractivity contribution in [2.45, 2.75) is 19.0 Å². The number of anilines is 3. The van der Waals surface area contributed by atoms with Gasteiger partial charge in [-0.1, -0.05) is 11.6 Å².